The first kappa shape index (κ1) is 16.8. The van der Waals surface area contributed by atoms with Crippen LogP contribution in [0.1, 0.15) is 13.3 Å². The lowest BCUT2D eigenvalue weighted by Gasteiger charge is -2.09. The molecule has 0 atom stereocenters. The van der Waals surface area contributed by atoms with Gasteiger partial charge in [-0.2, -0.15) is 0 Å². The number of hydrogen-bond acceptors (Lipinski definition) is 3. The van der Waals surface area contributed by atoms with Crippen LogP contribution in [0.15, 0.2) is 48.5 Å². The molecule has 0 aliphatic carbocycles. The Hall–Kier alpha value is -2.53. The summed E-state index contributed by atoms with van der Waals surface area (Å²) in [6.45, 7) is 1.96. The Morgan fingerprint density at radius 2 is 1.61 bits per heavy atom. The van der Waals surface area contributed by atoms with E-state index >= 15 is 0 Å². The predicted molar refractivity (Wildman–Crippen MR) is 93.9 cm³/mol. The Kier molecular flexibility index (Phi) is 6.00. The van der Waals surface area contributed by atoms with E-state index < -0.39 is 0 Å². The molecule has 23 heavy (non-hydrogen) atoms. The van der Waals surface area contributed by atoms with Crippen LogP contribution in [0.2, 0.25) is 5.02 Å². The van der Waals surface area contributed by atoms with E-state index in [1.165, 1.54) is 6.92 Å². The average Bonchev–Trinajstić information content (AvgIpc) is 2.51. The monoisotopic (exact) mass is 331 g/mol. The van der Waals surface area contributed by atoms with Crippen LogP contribution >= 0.6 is 11.6 Å². The number of nitrogens with one attached hydrogen (secondary N) is 3. The van der Waals surface area contributed by atoms with Crippen LogP contribution in [0.5, 0.6) is 0 Å². The van der Waals surface area contributed by atoms with Gasteiger partial charge in [0.2, 0.25) is 11.8 Å². The zero-order valence-electron chi connectivity index (χ0n) is 12.7. The van der Waals surface area contributed by atoms with Crippen molar-refractivity contribution in [2.75, 3.05) is 22.5 Å². The molecule has 0 bridgehead atoms. The minimum Gasteiger partial charge on any atom is -0.385 e. The Balaban J connectivity index is 1.77. The van der Waals surface area contributed by atoms with Crippen molar-refractivity contribution in [3.63, 3.8) is 0 Å². The topological polar surface area (TPSA) is 70.2 Å². The van der Waals surface area contributed by atoms with Gasteiger partial charge in [0.25, 0.3) is 0 Å². The van der Waals surface area contributed by atoms with Crippen LogP contribution in [-0.2, 0) is 9.59 Å². The summed E-state index contributed by atoms with van der Waals surface area (Å²) in [6.07, 6.45) is 0.318. The lowest BCUT2D eigenvalue weighted by atomic mass is 10.2. The molecule has 120 valence electrons. The number of rotatable bonds is 6. The number of amides is 2. The summed E-state index contributed by atoms with van der Waals surface area (Å²) < 4.78 is 0. The normalized spacial score (nSPS) is 10.0. The molecule has 5 nitrogen and oxygen atoms in total. The first-order chi connectivity index (χ1) is 11.0. The van der Waals surface area contributed by atoms with Crippen LogP contribution in [0, 0.1) is 0 Å². The molecule has 2 amide bonds. The Labute approximate surface area is 140 Å². The second-order valence-electron chi connectivity index (χ2n) is 4.96. The average molecular weight is 332 g/mol. The van der Waals surface area contributed by atoms with Gasteiger partial charge in [-0.05, 0) is 36.4 Å². The lowest BCUT2D eigenvalue weighted by Crippen LogP contribution is -2.16. The van der Waals surface area contributed by atoms with E-state index in [0.29, 0.717) is 23.7 Å². The maximum absolute atomic E-state index is 11.9. The number of halogens is 1. The molecule has 0 saturated carbocycles. The summed E-state index contributed by atoms with van der Waals surface area (Å²) in [6, 6.07) is 14.4. The van der Waals surface area contributed by atoms with Crippen molar-refractivity contribution < 1.29 is 9.59 Å². The van der Waals surface area contributed by atoms with Gasteiger partial charge in [-0.15, -0.1) is 0 Å². The van der Waals surface area contributed by atoms with E-state index in [0.717, 1.165) is 11.4 Å². The largest absolute Gasteiger partial charge is 0.385 e. The third-order valence-electron chi connectivity index (χ3n) is 3.03. The molecular formula is C17H18ClN3O2. The van der Waals surface area contributed by atoms with Crippen molar-refractivity contribution in [3.8, 4) is 0 Å². The molecule has 0 aliphatic rings. The van der Waals surface area contributed by atoms with E-state index in [-0.39, 0.29) is 11.8 Å². The highest BCUT2D eigenvalue weighted by Gasteiger charge is 2.05. The smallest absolute Gasteiger partial charge is 0.226 e. The zero-order chi connectivity index (χ0) is 16.7. The number of hydrogen-bond donors (Lipinski definition) is 3. The second kappa shape index (κ2) is 8.19. The predicted octanol–water partition coefficient (Wildman–Crippen LogP) is 3.74. The van der Waals surface area contributed by atoms with Crippen molar-refractivity contribution in [1.82, 2.24) is 0 Å². The van der Waals surface area contributed by atoms with Crippen molar-refractivity contribution >= 4 is 40.5 Å². The second-order valence-corrected chi connectivity index (χ2v) is 5.37. The van der Waals surface area contributed by atoms with Gasteiger partial charge in [-0.1, -0.05) is 23.7 Å². The first-order valence-corrected chi connectivity index (χ1v) is 7.58. The third kappa shape index (κ3) is 5.64. The Morgan fingerprint density at radius 1 is 0.957 bits per heavy atom. The molecule has 0 fully saturated rings. The molecule has 0 radical (unpaired) electrons. The third-order valence-corrected chi connectivity index (χ3v) is 3.36. The van der Waals surface area contributed by atoms with Crippen LogP contribution in [0.3, 0.4) is 0 Å². The molecule has 0 spiro atoms. The number of para-hydroxylation sites is 1. The Bertz CT molecular complexity index is 686. The van der Waals surface area contributed by atoms with Gasteiger partial charge in [-0.3, -0.25) is 9.59 Å². The molecule has 2 aromatic carbocycles. The number of anilines is 3. The lowest BCUT2D eigenvalue weighted by molar-refractivity contribution is -0.116. The summed E-state index contributed by atoms with van der Waals surface area (Å²) in [5, 5.41) is 9.13. The standard InChI is InChI=1S/C17H18ClN3O2/c1-12(22)20-14-8-6-13(7-9-14)19-11-10-17(23)21-16-5-3-2-4-15(16)18/h2-9,19H,10-11H2,1H3,(H,20,22)(H,21,23). The Morgan fingerprint density at radius 3 is 2.26 bits per heavy atom. The maximum atomic E-state index is 11.9. The van der Waals surface area contributed by atoms with Crippen LogP contribution < -0.4 is 16.0 Å². The van der Waals surface area contributed by atoms with Gasteiger partial charge >= 0.3 is 0 Å². The van der Waals surface area contributed by atoms with Crippen molar-refractivity contribution in [2.45, 2.75) is 13.3 Å². The molecule has 0 aromatic heterocycles. The van der Waals surface area contributed by atoms with Gasteiger partial charge in [-0.25, -0.2) is 0 Å². The summed E-state index contributed by atoms with van der Waals surface area (Å²) in [5.41, 5.74) is 2.22. The van der Waals surface area contributed by atoms with Crippen molar-refractivity contribution in [2.24, 2.45) is 0 Å². The van der Waals surface area contributed by atoms with E-state index in [2.05, 4.69) is 16.0 Å². The van der Waals surface area contributed by atoms with Crippen molar-refractivity contribution in [1.29, 1.82) is 0 Å². The summed E-state index contributed by atoms with van der Waals surface area (Å²) in [7, 11) is 0. The number of benzene rings is 2. The molecule has 0 heterocycles. The summed E-state index contributed by atoms with van der Waals surface area (Å²) >= 11 is 5.99. The fourth-order valence-electron chi connectivity index (χ4n) is 1.97. The summed E-state index contributed by atoms with van der Waals surface area (Å²) in [5.74, 6) is -0.220. The SMILES string of the molecule is CC(=O)Nc1ccc(NCCC(=O)Nc2ccccc2Cl)cc1. The molecule has 2 rings (SSSR count). The van der Waals surface area contributed by atoms with E-state index in [1.54, 1.807) is 24.3 Å². The minimum atomic E-state index is -0.111. The number of carbonyl (C=O) groups is 2. The summed E-state index contributed by atoms with van der Waals surface area (Å²) in [4.78, 5) is 22.8. The molecule has 0 unspecified atom stereocenters. The van der Waals surface area contributed by atoms with E-state index in [1.807, 2.05) is 24.3 Å². The van der Waals surface area contributed by atoms with Crippen LogP contribution in [0.4, 0.5) is 17.1 Å². The van der Waals surface area contributed by atoms with Gasteiger partial charge in [0.1, 0.15) is 0 Å². The fourth-order valence-corrected chi connectivity index (χ4v) is 2.15. The highest BCUT2D eigenvalue weighted by Crippen LogP contribution is 2.20. The first-order valence-electron chi connectivity index (χ1n) is 7.20. The molecule has 3 N–H and O–H groups in total. The quantitative estimate of drug-likeness (QED) is 0.755. The van der Waals surface area contributed by atoms with Gasteiger partial charge in [0.15, 0.2) is 0 Å². The van der Waals surface area contributed by atoms with E-state index in [4.69, 9.17) is 11.6 Å². The molecule has 6 heteroatoms. The highest BCUT2D eigenvalue weighted by atomic mass is 35.5. The van der Waals surface area contributed by atoms with Gasteiger partial charge in [0, 0.05) is 31.3 Å². The maximum Gasteiger partial charge on any atom is 0.226 e. The van der Waals surface area contributed by atoms with Crippen molar-refractivity contribution in [3.05, 3.63) is 53.6 Å². The minimum absolute atomic E-state index is 0.109. The molecule has 2 aromatic rings. The van der Waals surface area contributed by atoms with Crippen LogP contribution in [-0.4, -0.2) is 18.4 Å². The highest BCUT2D eigenvalue weighted by molar-refractivity contribution is 6.33. The molecular weight excluding hydrogens is 314 g/mol. The van der Waals surface area contributed by atoms with E-state index in [9.17, 15) is 9.59 Å². The molecule has 0 saturated heterocycles. The van der Waals surface area contributed by atoms with Gasteiger partial charge < -0.3 is 16.0 Å². The van der Waals surface area contributed by atoms with Gasteiger partial charge in [0.05, 0.1) is 10.7 Å². The zero-order valence-corrected chi connectivity index (χ0v) is 13.5. The molecule has 0 aliphatic heterocycles. The fraction of sp³-hybridized carbons (Fsp3) is 0.176. The van der Waals surface area contributed by atoms with Crippen LogP contribution in [0.25, 0.3) is 0 Å². The number of carbonyl (C=O) groups excluding carboxylic acids is 2.